The SMILES string of the molecule is Cl.O=C(O)c1ccc2cc(C(=O)O)ccc2c1. The normalized spacial score (nSPS) is 9.65. The summed E-state index contributed by atoms with van der Waals surface area (Å²) in [6.07, 6.45) is 0. The van der Waals surface area contributed by atoms with Gasteiger partial charge in [-0.15, -0.1) is 12.4 Å². The van der Waals surface area contributed by atoms with Crippen LogP contribution >= 0.6 is 12.4 Å². The fraction of sp³-hybridized carbons (Fsp3) is 0. The van der Waals surface area contributed by atoms with E-state index in [0.717, 1.165) is 0 Å². The maximum absolute atomic E-state index is 10.7. The molecule has 88 valence electrons. The molecule has 2 aromatic rings. The number of rotatable bonds is 2. The van der Waals surface area contributed by atoms with Gasteiger partial charge in [0.15, 0.2) is 0 Å². The first-order chi connectivity index (χ1) is 7.58. The Bertz CT molecular complexity index is 539. The molecule has 0 aliphatic rings. The fourth-order valence-corrected chi connectivity index (χ4v) is 1.51. The lowest BCUT2D eigenvalue weighted by Gasteiger charge is -2.01. The first kappa shape index (κ1) is 13.0. The summed E-state index contributed by atoms with van der Waals surface area (Å²) >= 11 is 0. The minimum Gasteiger partial charge on any atom is -0.478 e. The summed E-state index contributed by atoms with van der Waals surface area (Å²) in [5.74, 6) is -1.99. The maximum Gasteiger partial charge on any atom is 0.335 e. The number of fused-ring (bicyclic) bond motifs is 1. The summed E-state index contributed by atoms with van der Waals surface area (Å²) in [5, 5.41) is 19.0. The number of carboxylic acids is 2. The van der Waals surface area contributed by atoms with Crippen LogP contribution in [0.25, 0.3) is 10.8 Å². The number of aromatic carboxylic acids is 2. The average molecular weight is 253 g/mol. The molecule has 0 saturated heterocycles. The highest BCUT2D eigenvalue weighted by Gasteiger charge is 2.06. The van der Waals surface area contributed by atoms with Crippen molar-refractivity contribution >= 4 is 35.1 Å². The van der Waals surface area contributed by atoms with Crippen molar-refractivity contribution in [3.63, 3.8) is 0 Å². The summed E-state index contributed by atoms with van der Waals surface area (Å²) in [6.45, 7) is 0. The molecule has 2 aromatic carbocycles. The first-order valence-electron chi connectivity index (χ1n) is 4.58. The van der Waals surface area contributed by atoms with Gasteiger partial charge in [-0.05, 0) is 35.0 Å². The van der Waals surface area contributed by atoms with Crippen LogP contribution in [0.2, 0.25) is 0 Å². The molecule has 0 aliphatic carbocycles. The van der Waals surface area contributed by atoms with Crippen LogP contribution in [0.15, 0.2) is 36.4 Å². The van der Waals surface area contributed by atoms with Crippen LogP contribution in [0.1, 0.15) is 20.7 Å². The lowest BCUT2D eigenvalue weighted by Crippen LogP contribution is -1.97. The van der Waals surface area contributed by atoms with E-state index < -0.39 is 11.9 Å². The van der Waals surface area contributed by atoms with E-state index in [2.05, 4.69) is 0 Å². The van der Waals surface area contributed by atoms with Crippen molar-refractivity contribution < 1.29 is 19.8 Å². The van der Waals surface area contributed by atoms with E-state index in [1.165, 1.54) is 24.3 Å². The van der Waals surface area contributed by atoms with E-state index in [1.54, 1.807) is 12.1 Å². The van der Waals surface area contributed by atoms with Gasteiger partial charge in [0, 0.05) is 0 Å². The topological polar surface area (TPSA) is 74.6 Å². The first-order valence-corrected chi connectivity index (χ1v) is 4.58. The van der Waals surface area contributed by atoms with Gasteiger partial charge in [0.25, 0.3) is 0 Å². The Hall–Kier alpha value is -2.07. The van der Waals surface area contributed by atoms with E-state index >= 15 is 0 Å². The molecule has 4 nitrogen and oxygen atoms in total. The third-order valence-corrected chi connectivity index (χ3v) is 2.33. The van der Waals surface area contributed by atoms with Crippen molar-refractivity contribution in [1.82, 2.24) is 0 Å². The van der Waals surface area contributed by atoms with Crippen LogP contribution in [-0.2, 0) is 0 Å². The molecule has 0 heterocycles. The molecule has 0 bridgehead atoms. The smallest absolute Gasteiger partial charge is 0.335 e. The lowest BCUT2D eigenvalue weighted by atomic mass is 10.0. The number of hydrogen-bond acceptors (Lipinski definition) is 2. The van der Waals surface area contributed by atoms with Crippen LogP contribution in [0, 0.1) is 0 Å². The summed E-state index contributed by atoms with van der Waals surface area (Å²) in [7, 11) is 0. The Labute approximate surface area is 103 Å². The molecule has 0 amide bonds. The molecule has 0 spiro atoms. The van der Waals surface area contributed by atoms with Crippen molar-refractivity contribution in [1.29, 1.82) is 0 Å². The molecule has 0 atom stereocenters. The lowest BCUT2D eigenvalue weighted by molar-refractivity contribution is 0.0686. The molecule has 2 N–H and O–H groups in total. The van der Waals surface area contributed by atoms with E-state index in [1.807, 2.05) is 0 Å². The quantitative estimate of drug-likeness (QED) is 0.862. The third-order valence-electron chi connectivity index (χ3n) is 2.33. The average Bonchev–Trinajstić information content (AvgIpc) is 2.27. The number of hydrogen-bond donors (Lipinski definition) is 2. The monoisotopic (exact) mass is 252 g/mol. The molecule has 0 unspecified atom stereocenters. The van der Waals surface area contributed by atoms with Gasteiger partial charge in [-0.3, -0.25) is 0 Å². The molecule has 17 heavy (non-hydrogen) atoms. The van der Waals surface area contributed by atoms with Crippen molar-refractivity contribution in [2.75, 3.05) is 0 Å². The van der Waals surface area contributed by atoms with Crippen LogP contribution in [0.3, 0.4) is 0 Å². The van der Waals surface area contributed by atoms with E-state index in [9.17, 15) is 9.59 Å². The summed E-state index contributed by atoms with van der Waals surface area (Å²) in [4.78, 5) is 21.5. The second-order valence-electron chi connectivity index (χ2n) is 3.39. The summed E-state index contributed by atoms with van der Waals surface area (Å²) in [6, 6.07) is 9.15. The second kappa shape index (κ2) is 4.84. The predicted octanol–water partition coefficient (Wildman–Crippen LogP) is 2.66. The summed E-state index contributed by atoms with van der Waals surface area (Å²) < 4.78 is 0. The number of carboxylic acid groups (broad SMARTS) is 2. The van der Waals surface area contributed by atoms with Gasteiger partial charge in [-0.1, -0.05) is 12.1 Å². The number of halogens is 1. The Morgan fingerprint density at radius 1 is 0.765 bits per heavy atom. The molecule has 0 aromatic heterocycles. The number of benzene rings is 2. The Morgan fingerprint density at radius 2 is 1.12 bits per heavy atom. The van der Waals surface area contributed by atoms with Gasteiger partial charge < -0.3 is 10.2 Å². The Kier molecular flexibility index (Phi) is 3.70. The largest absolute Gasteiger partial charge is 0.478 e. The minimum atomic E-state index is -0.996. The van der Waals surface area contributed by atoms with E-state index in [-0.39, 0.29) is 23.5 Å². The highest BCUT2D eigenvalue weighted by molar-refractivity contribution is 5.97. The molecule has 0 aliphatic heterocycles. The summed E-state index contributed by atoms with van der Waals surface area (Å²) in [5.41, 5.74) is 0.381. The predicted molar refractivity (Wildman–Crippen MR) is 65.1 cm³/mol. The molecule has 2 rings (SSSR count). The van der Waals surface area contributed by atoms with Crippen molar-refractivity contribution in [2.45, 2.75) is 0 Å². The molecular weight excluding hydrogens is 244 g/mol. The third kappa shape index (κ3) is 2.54. The highest BCUT2D eigenvalue weighted by atomic mass is 35.5. The number of carbonyl (C=O) groups is 2. The molecule has 5 heteroatoms. The van der Waals surface area contributed by atoms with Gasteiger partial charge in [-0.25, -0.2) is 9.59 Å². The molecule has 0 fully saturated rings. The van der Waals surface area contributed by atoms with Crippen molar-refractivity contribution in [3.8, 4) is 0 Å². The van der Waals surface area contributed by atoms with Crippen molar-refractivity contribution in [3.05, 3.63) is 47.5 Å². The standard InChI is InChI=1S/C12H8O4.ClH/c13-11(14)9-3-1-7-5-10(12(15)16)4-2-8(7)6-9;/h1-6H,(H,13,14)(H,15,16);1H. The van der Waals surface area contributed by atoms with Crippen LogP contribution in [0.4, 0.5) is 0 Å². The van der Waals surface area contributed by atoms with Crippen LogP contribution in [0.5, 0.6) is 0 Å². The maximum atomic E-state index is 10.7. The Balaban J connectivity index is 0.00000144. The highest BCUT2D eigenvalue weighted by Crippen LogP contribution is 2.18. The van der Waals surface area contributed by atoms with Crippen LogP contribution in [-0.4, -0.2) is 22.2 Å². The molecule has 0 radical (unpaired) electrons. The van der Waals surface area contributed by atoms with Gasteiger partial charge >= 0.3 is 11.9 Å². The van der Waals surface area contributed by atoms with Crippen LogP contribution < -0.4 is 0 Å². The van der Waals surface area contributed by atoms with Gasteiger partial charge in [-0.2, -0.15) is 0 Å². The van der Waals surface area contributed by atoms with E-state index in [0.29, 0.717) is 10.8 Å². The van der Waals surface area contributed by atoms with E-state index in [4.69, 9.17) is 10.2 Å². The molecule has 0 saturated carbocycles. The fourth-order valence-electron chi connectivity index (χ4n) is 1.51. The van der Waals surface area contributed by atoms with Gasteiger partial charge in [0.05, 0.1) is 11.1 Å². The minimum absolute atomic E-state index is 0. The van der Waals surface area contributed by atoms with Crippen molar-refractivity contribution in [2.24, 2.45) is 0 Å². The molecular formula is C12H9ClO4. The zero-order valence-electron chi connectivity index (χ0n) is 8.58. The second-order valence-corrected chi connectivity index (χ2v) is 3.39. The Morgan fingerprint density at radius 3 is 1.41 bits per heavy atom. The zero-order chi connectivity index (χ0) is 11.7. The zero-order valence-corrected chi connectivity index (χ0v) is 9.40. The van der Waals surface area contributed by atoms with Gasteiger partial charge in [0.2, 0.25) is 0 Å². The van der Waals surface area contributed by atoms with Gasteiger partial charge in [0.1, 0.15) is 0 Å².